The smallest absolute Gasteiger partial charge is 0.354 e. The molecule has 1 aliphatic carbocycles. The molecule has 0 unspecified atom stereocenters. The zero-order chi connectivity index (χ0) is 17.3. The van der Waals surface area contributed by atoms with Crippen molar-refractivity contribution in [2.75, 3.05) is 6.54 Å². The van der Waals surface area contributed by atoms with Crippen molar-refractivity contribution in [3.8, 4) is 0 Å². The molecular weight excluding hydrogens is 321 g/mol. The van der Waals surface area contributed by atoms with Gasteiger partial charge in [-0.25, -0.2) is 0 Å². The largest absolute Gasteiger partial charge is 0.416 e. The minimum absolute atomic E-state index is 0.122. The third-order valence-electron chi connectivity index (χ3n) is 4.23. The number of benzene rings is 1. The van der Waals surface area contributed by atoms with E-state index in [-0.39, 0.29) is 17.7 Å². The van der Waals surface area contributed by atoms with E-state index < -0.39 is 11.7 Å². The highest BCUT2D eigenvalue weighted by molar-refractivity contribution is 5.82. The third-order valence-corrected chi connectivity index (χ3v) is 4.23. The van der Waals surface area contributed by atoms with Crippen molar-refractivity contribution >= 4 is 5.91 Å². The first kappa shape index (κ1) is 16.5. The first-order chi connectivity index (χ1) is 11.4. The zero-order valence-electron chi connectivity index (χ0n) is 13.0. The maximum absolute atomic E-state index is 12.7. The van der Waals surface area contributed by atoms with Gasteiger partial charge < -0.3 is 9.88 Å². The molecule has 24 heavy (non-hydrogen) atoms. The number of aryl methyl sites for hydroxylation is 1. The van der Waals surface area contributed by atoms with Crippen LogP contribution < -0.4 is 5.32 Å². The Morgan fingerprint density at radius 3 is 2.88 bits per heavy atom. The van der Waals surface area contributed by atoms with E-state index in [0.29, 0.717) is 25.1 Å². The number of aromatic nitrogens is 3. The highest BCUT2D eigenvalue weighted by Gasteiger charge is 2.44. The second kappa shape index (κ2) is 6.26. The predicted molar refractivity (Wildman–Crippen MR) is 80.1 cm³/mol. The van der Waals surface area contributed by atoms with Gasteiger partial charge >= 0.3 is 6.18 Å². The molecule has 8 heteroatoms. The quantitative estimate of drug-likeness (QED) is 0.911. The second-order valence-corrected chi connectivity index (χ2v) is 5.93. The van der Waals surface area contributed by atoms with Crippen LogP contribution in [0.5, 0.6) is 0 Å². The Bertz CT molecular complexity index is 741. The summed E-state index contributed by atoms with van der Waals surface area (Å²) in [5, 5.41) is 10.4. The van der Waals surface area contributed by atoms with Gasteiger partial charge in [-0.15, -0.1) is 10.2 Å². The topological polar surface area (TPSA) is 59.8 Å². The molecule has 5 nitrogen and oxygen atoms in total. The molecular formula is C16H17F3N4O. The van der Waals surface area contributed by atoms with Crippen LogP contribution in [-0.2, 0) is 17.5 Å². The Hall–Kier alpha value is -2.38. The molecule has 1 saturated carbocycles. The van der Waals surface area contributed by atoms with Gasteiger partial charge in [0.15, 0.2) is 0 Å². The van der Waals surface area contributed by atoms with Gasteiger partial charge in [0.1, 0.15) is 12.2 Å². The van der Waals surface area contributed by atoms with Crippen molar-refractivity contribution in [1.82, 2.24) is 20.1 Å². The van der Waals surface area contributed by atoms with E-state index in [4.69, 9.17) is 0 Å². The summed E-state index contributed by atoms with van der Waals surface area (Å²) in [4.78, 5) is 12.1. The molecule has 3 rings (SSSR count). The van der Waals surface area contributed by atoms with Crippen LogP contribution in [0.25, 0.3) is 0 Å². The van der Waals surface area contributed by atoms with Crippen LogP contribution in [-0.4, -0.2) is 27.2 Å². The molecule has 0 radical (unpaired) electrons. The Morgan fingerprint density at radius 2 is 2.21 bits per heavy atom. The summed E-state index contributed by atoms with van der Waals surface area (Å²) in [6.07, 6.45) is -2.19. The molecule has 1 aromatic heterocycles. The number of hydrogen-bond acceptors (Lipinski definition) is 3. The summed E-state index contributed by atoms with van der Waals surface area (Å²) in [5.74, 6) is 0.250. The molecule has 2 aromatic rings. The van der Waals surface area contributed by atoms with Gasteiger partial charge in [-0.3, -0.25) is 4.79 Å². The van der Waals surface area contributed by atoms with Crippen molar-refractivity contribution in [1.29, 1.82) is 0 Å². The Kier molecular flexibility index (Phi) is 4.29. The van der Waals surface area contributed by atoms with Crippen molar-refractivity contribution in [2.45, 2.75) is 32.0 Å². The van der Waals surface area contributed by atoms with E-state index in [0.717, 1.165) is 18.0 Å². The molecule has 0 spiro atoms. The van der Waals surface area contributed by atoms with Crippen LogP contribution in [0.4, 0.5) is 13.2 Å². The first-order valence-electron chi connectivity index (χ1n) is 7.65. The van der Waals surface area contributed by atoms with E-state index in [1.807, 2.05) is 11.5 Å². The van der Waals surface area contributed by atoms with Gasteiger partial charge in [-0.05, 0) is 30.9 Å². The maximum Gasteiger partial charge on any atom is 0.416 e. The first-order valence-corrected chi connectivity index (χ1v) is 7.65. The minimum atomic E-state index is -4.36. The van der Waals surface area contributed by atoms with Gasteiger partial charge in [-0.2, -0.15) is 13.2 Å². The van der Waals surface area contributed by atoms with E-state index in [1.54, 1.807) is 12.4 Å². The zero-order valence-corrected chi connectivity index (χ0v) is 13.0. The highest BCUT2D eigenvalue weighted by atomic mass is 19.4. The summed E-state index contributed by atoms with van der Waals surface area (Å²) in [6.45, 7) is 2.81. The number of amides is 1. The second-order valence-electron chi connectivity index (χ2n) is 5.93. The Labute approximate surface area is 136 Å². The molecule has 1 aliphatic rings. The average Bonchev–Trinajstić information content (AvgIpc) is 3.24. The lowest BCUT2D eigenvalue weighted by atomic mass is 10.1. The van der Waals surface area contributed by atoms with Crippen molar-refractivity contribution in [3.63, 3.8) is 0 Å². The third kappa shape index (κ3) is 3.58. The summed E-state index contributed by atoms with van der Waals surface area (Å²) < 4.78 is 40.1. The number of alkyl halides is 3. The number of carbonyl (C=O) groups excluding carboxylic acids is 1. The molecule has 0 aliphatic heterocycles. The molecule has 1 fully saturated rings. The Balaban J connectivity index is 1.53. The summed E-state index contributed by atoms with van der Waals surface area (Å²) in [7, 11) is 0. The number of rotatable bonds is 5. The van der Waals surface area contributed by atoms with Gasteiger partial charge in [-0.1, -0.05) is 18.2 Å². The van der Waals surface area contributed by atoms with E-state index in [1.165, 1.54) is 6.07 Å². The minimum Gasteiger partial charge on any atom is -0.354 e. The number of carbonyl (C=O) groups is 1. The van der Waals surface area contributed by atoms with Crippen molar-refractivity contribution in [2.24, 2.45) is 5.92 Å². The maximum atomic E-state index is 12.7. The van der Waals surface area contributed by atoms with Gasteiger partial charge in [0, 0.05) is 19.0 Å². The molecule has 0 bridgehead atoms. The highest BCUT2D eigenvalue weighted by Crippen LogP contribution is 2.48. The number of nitrogens with zero attached hydrogens (tertiary/aromatic N) is 3. The van der Waals surface area contributed by atoms with Crippen LogP contribution in [0.1, 0.15) is 29.3 Å². The molecule has 128 valence electrons. The summed E-state index contributed by atoms with van der Waals surface area (Å²) >= 11 is 0. The number of hydrogen-bond donors (Lipinski definition) is 1. The van der Waals surface area contributed by atoms with Gasteiger partial charge in [0.2, 0.25) is 5.91 Å². The van der Waals surface area contributed by atoms with E-state index in [2.05, 4.69) is 15.5 Å². The predicted octanol–water partition coefficient (Wildman–Crippen LogP) is 2.53. The molecule has 1 amide bonds. The lowest BCUT2D eigenvalue weighted by Gasteiger charge is -2.09. The number of nitrogens with one attached hydrogen (secondary N) is 1. The molecule has 1 aromatic carbocycles. The monoisotopic (exact) mass is 338 g/mol. The fourth-order valence-electron chi connectivity index (χ4n) is 2.76. The summed E-state index contributed by atoms with van der Waals surface area (Å²) in [6, 6.07) is 5.22. The van der Waals surface area contributed by atoms with E-state index >= 15 is 0 Å². The van der Waals surface area contributed by atoms with Gasteiger partial charge in [0.05, 0.1) is 5.56 Å². The Morgan fingerprint density at radius 1 is 1.42 bits per heavy atom. The fourth-order valence-corrected chi connectivity index (χ4v) is 2.76. The molecule has 0 saturated heterocycles. The van der Waals surface area contributed by atoms with Crippen LogP contribution in [0.2, 0.25) is 0 Å². The molecule has 1 N–H and O–H groups in total. The SMILES string of the molecule is Cc1nncn1CCNC(=O)[C@H]1C[C@H]1c1cccc(C(F)(F)F)c1. The van der Waals surface area contributed by atoms with Crippen LogP contribution in [0.15, 0.2) is 30.6 Å². The lowest BCUT2D eigenvalue weighted by molar-refractivity contribution is -0.137. The van der Waals surface area contributed by atoms with Crippen LogP contribution in [0, 0.1) is 12.8 Å². The number of halogens is 3. The molecule has 2 atom stereocenters. The molecule has 1 heterocycles. The van der Waals surface area contributed by atoms with Crippen molar-refractivity contribution in [3.05, 3.63) is 47.5 Å². The van der Waals surface area contributed by atoms with Crippen LogP contribution >= 0.6 is 0 Å². The summed E-state index contributed by atoms with van der Waals surface area (Å²) in [5.41, 5.74) is -0.103. The standard InChI is InChI=1S/C16H17F3N4O/c1-10-22-21-9-23(10)6-5-20-15(24)14-8-13(14)11-3-2-4-12(7-11)16(17,18)19/h2-4,7,9,13-14H,5-6,8H2,1H3,(H,20,24)/t13-,14-/m0/s1. The fraction of sp³-hybridized carbons (Fsp3) is 0.438. The lowest BCUT2D eigenvalue weighted by Crippen LogP contribution is -2.29. The average molecular weight is 338 g/mol. The van der Waals surface area contributed by atoms with E-state index in [9.17, 15) is 18.0 Å². The van der Waals surface area contributed by atoms with Crippen LogP contribution in [0.3, 0.4) is 0 Å². The van der Waals surface area contributed by atoms with Gasteiger partial charge in [0.25, 0.3) is 0 Å². The van der Waals surface area contributed by atoms with Crippen molar-refractivity contribution < 1.29 is 18.0 Å². The normalized spacial score (nSPS) is 20.0.